The molecular formula is C21H28ClN3O3. The lowest BCUT2D eigenvalue weighted by Crippen LogP contribution is -2.30. The number of rotatable bonds is 9. The smallest absolute Gasteiger partial charge is 0.253 e. The van der Waals surface area contributed by atoms with Gasteiger partial charge in [-0.1, -0.05) is 38.1 Å². The molecule has 2 amide bonds. The molecule has 0 aromatic heterocycles. The topological polar surface area (TPSA) is 93.4 Å². The molecule has 0 aliphatic rings. The molecule has 4 N–H and O–H groups in total. The number of amides is 2. The molecule has 0 bridgehead atoms. The fraction of sp³-hybridized carbons (Fsp3) is 0.333. The molecule has 0 unspecified atom stereocenters. The van der Waals surface area contributed by atoms with Crippen LogP contribution in [0.3, 0.4) is 0 Å². The molecular weight excluding hydrogens is 378 g/mol. The van der Waals surface area contributed by atoms with Crippen LogP contribution in [0.4, 0.5) is 5.69 Å². The normalized spacial score (nSPS) is 10.1. The predicted octanol–water partition coefficient (Wildman–Crippen LogP) is 3.33. The van der Waals surface area contributed by atoms with Crippen LogP contribution in [-0.4, -0.2) is 31.5 Å². The van der Waals surface area contributed by atoms with Crippen molar-refractivity contribution in [2.24, 2.45) is 5.73 Å². The van der Waals surface area contributed by atoms with Gasteiger partial charge in [0.2, 0.25) is 5.91 Å². The number of nitrogens with two attached hydrogens (primary N) is 1. The maximum absolute atomic E-state index is 12.2. The standard InChI is InChI=1S/C21H27N3O3.ClH/c1-15(2)16-7-9-17(10-8-16)27-14-11-20(25)24-19-6-4-3-5-18(19)21(26)23-13-12-22;/h3-10,15H,11-14,22H2,1-2H3,(H,23,26)(H,24,25);1H. The van der Waals surface area contributed by atoms with Gasteiger partial charge in [-0.15, -0.1) is 12.4 Å². The zero-order valence-electron chi connectivity index (χ0n) is 16.2. The summed E-state index contributed by atoms with van der Waals surface area (Å²) in [5.74, 6) is 0.714. The Hall–Kier alpha value is -2.57. The van der Waals surface area contributed by atoms with Gasteiger partial charge >= 0.3 is 0 Å². The second kappa shape index (κ2) is 12.0. The molecule has 0 heterocycles. The summed E-state index contributed by atoms with van der Waals surface area (Å²) in [7, 11) is 0. The lowest BCUT2D eigenvalue weighted by Gasteiger charge is -2.12. The van der Waals surface area contributed by atoms with Crippen molar-refractivity contribution in [2.75, 3.05) is 25.0 Å². The first kappa shape index (κ1) is 23.5. The molecule has 2 aromatic rings. The maximum atomic E-state index is 12.2. The first-order valence-corrected chi connectivity index (χ1v) is 9.11. The first-order chi connectivity index (χ1) is 13.0. The van der Waals surface area contributed by atoms with E-state index < -0.39 is 0 Å². The van der Waals surface area contributed by atoms with Gasteiger partial charge < -0.3 is 21.1 Å². The van der Waals surface area contributed by atoms with E-state index in [0.717, 1.165) is 5.75 Å². The highest BCUT2D eigenvalue weighted by atomic mass is 35.5. The molecule has 2 rings (SSSR count). The van der Waals surface area contributed by atoms with Crippen LogP contribution in [0.1, 0.15) is 42.1 Å². The van der Waals surface area contributed by atoms with Crippen molar-refractivity contribution in [1.29, 1.82) is 0 Å². The van der Waals surface area contributed by atoms with E-state index in [0.29, 0.717) is 30.3 Å². The number of carbonyl (C=O) groups is 2. The van der Waals surface area contributed by atoms with Crippen molar-refractivity contribution in [3.63, 3.8) is 0 Å². The molecule has 6 nitrogen and oxygen atoms in total. The Morgan fingerprint density at radius 2 is 1.75 bits per heavy atom. The largest absolute Gasteiger partial charge is 0.493 e. The summed E-state index contributed by atoms with van der Waals surface area (Å²) in [6.07, 6.45) is 0.185. The third-order valence-corrected chi connectivity index (χ3v) is 4.02. The molecule has 2 aromatic carbocycles. The minimum absolute atomic E-state index is 0. The molecule has 28 heavy (non-hydrogen) atoms. The van der Waals surface area contributed by atoms with Crippen LogP contribution in [0.15, 0.2) is 48.5 Å². The molecule has 0 saturated heterocycles. The van der Waals surface area contributed by atoms with Crippen molar-refractivity contribution in [1.82, 2.24) is 5.32 Å². The second-order valence-corrected chi connectivity index (χ2v) is 6.46. The first-order valence-electron chi connectivity index (χ1n) is 9.11. The molecule has 0 radical (unpaired) electrons. The molecule has 152 valence electrons. The van der Waals surface area contributed by atoms with Gasteiger partial charge in [0.25, 0.3) is 5.91 Å². The number of halogens is 1. The van der Waals surface area contributed by atoms with Crippen LogP contribution in [0.5, 0.6) is 5.75 Å². The molecule has 7 heteroatoms. The molecule has 0 aliphatic carbocycles. The number of hydrogen-bond acceptors (Lipinski definition) is 4. The molecule has 0 aliphatic heterocycles. The lowest BCUT2D eigenvalue weighted by atomic mass is 10.0. The number of carbonyl (C=O) groups excluding carboxylic acids is 2. The summed E-state index contributed by atoms with van der Waals surface area (Å²) in [4.78, 5) is 24.3. The third kappa shape index (κ3) is 7.21. The third-order valence-electron chi connectivity index (χ3n) is 4.02. The maximum Gasteiger partial charge on any atom is 0.253 e. The van der Waals surface area contributed by atoms with Gasteiger partial charge in [-0.2, -0.15) is 0 Å². The fourth-order valence-electron chi connectivity index (χ4n) is 2.49. The van der Waals surface area contributed by atoms with Crippen molar-refractivity contribution < 1.29 is 14.3 Å². The van der Waals surface area contributed by atoms with Crippen LogP contribution in [0, 0.1) is 0 Å². The van der Waals surface area contributed by atoms with E-state index in [9.17, 15) is 9.59 Å². The van der Waals surface area contributed by atoms with Crippen molar-refractivity contribution in [3.05, 3.63) is 59.7 Å². The van der Waals surface area contributed by atoms with Crippen LogP contribution in [0.2, 0.25) is 0 Å². The average Bonchev–Trinajstić information content (AvgIpc) is 2.67. The van der Waals surface area contributed by atoms with Crippen LogP contribution in [-0.2, 0) is 4.79 Å². The minimum atomic E-state index is -0.266. The van der Waals surface area contributed by atoms with Gasteiger partial charge in [-0.3, -0.25) is 9.59 Å². The lowest BCUT2D eigenvalue weighted by molar-refractivity contribution is -0.116. The van der Waals surface area contributed by atoms with E-state index in [1.54, 1.807) is 24.3 Å². The van der Waals surface area contributed by atoms with E-state index in [4.69, 9.17) is 10.5 Å². The molecule has 0 saturated carbocycles. The van der Waals surface area contributed by atoms with Gasteiger partial charge in [0, 0.05) is 13.1 Å². The van der Waals surface area contributed by atoms with E-state index >= 15 is 0 Å². The summed E-state index contributed by atoms with van der Waals surface area (Å²) >= 11 is 0. The van der Waals surface area contributed by atoms with Crippen molar-refractivity contribution in [2.45, 2.75) is 26.2 Å². The summed E-state index contributed by atoms with van der Waals surface area (Å²) in [6.45, 7) is 5.26. The van der Waals surface area contributed by atoms with Gasteiger partial charge in [0.1, 0.15) is 5.75 Å². The predicted molar refractivity (Wildman–Crippen MR) is 114 cm³/mol. The number of benzene rings is 2. The van der Waals surface area contributed by atoms with E-state index in [2.05, 4.69) is 24.5 Å². The van der Waals surface area contributed by atoms with Gasteiger partial charge in [0.05, 0.1) is 24.3 Å². The Labute approximate surface area is 172 Å². The number of hydrogen-bond donors (Lipinski definition) is 3. The van der Waals surface area contributed by atoms with Crippen molar-refractivity contribution in [3.8, 4) is 5.75 Å². The average molecular weight is 406 g/mol. The van der Waals surface area contributed by atoms with E-state index in [-0.39, 0.29) is 37.2 Å². The molecule has 0 spiro atoms. The summed E-state index contributed by atoms with van der Waals surface area (Å²) in [5.41, 5.74) is 7.52. The van der Waals surface area contributed by atoms with E-state index in [1.165, 1.54) is 5.56 Å². The highest BCUT2D eigenvalue weighted by Gasteiger charge is 2.12. The zero-order valence-corrected chi connectivity index (χ0v) is 17.1. The van der Waals surface area contributed by atoms with E-state index in [1.807, 2.05) is 24.3 Å². The Morgan fingerprint density at radius 3 is 2.39 bits per heavy atom. The summed E-state index contributed by atoms with van der Waals surface area (Å²) < 4.78 is 5.63. The summed E-state index contributed by atoms with van der Waals surface area (Å²) in [5, 5.41) is 5.47. The monoisotopic (exact) mass is 405 g/mol. The Bertz CT molecular complexity index is 764. The SMILES string of the molecule is CC(C)c1ccc(OCCC(=O)Nc2ccccc2C(=O)NCCN)cc1.Cl. The summed E-state index contributed by atoms with van der Waals surface area (Å²) in [6, 6.07) is 14.7. The van der Waals surface area contributed by atoms with Crippen LogP contribution < -0.4 is 21.1 Å². The minimum Gasteiger partial charge on any atom is -0.493 e. The Kier molecular flexibility index (Phi) is 10.1. The van der Waals surface area contributed by atoms with Crippen LogP contribution >= 0.6 is 12.4 Å². The number of nitrogens with one attached hydrogen (secondary N) is 2. The molecule has 0 atom stereocenters. The number of para-hydroxylation sites is 1. The second-order valence-electron chi connectivity index (χ2n) is 6.46. The van der Waals surface area contributed by atoms with Gasteiger partial charge in [-0.05, 0) is 35.7 Å². The zero-order chi connectivity index (χ0) is 19.6. The highest BCUT2D eigenvalue weighted by Crippen LogP contribution is 2.19. The molecule has 0 fully saturated rings. The Balaban J connectivity index is 0.00000392. The number of ether oxygens (including phenoxy) is 1. The van der Waals surface area contributed by atoms with Crippen LogP contribution in [0.25, 0.3) is 0 Å². The highest BCUT2D eigenvalue weighted by molar-refractivity contribution is 6.03. The quantitative estimate of drug-likeness (QED) is 0.596. The Morgan fingerprint density at radius 1 is 1.07 bits per heavy atom. The van der Waals surface area contributed by atoms with Gasteiger partial charge in [0.15, 0.2) is 0 Å². The van der Waals surface area contributed by atoms with Crippen molar-refractivity contribution >= 4 is 29.9 Å². The van der Waals surface area contributed by atoms with Gasteiger partial charge in [-0.25, -0.2) is 0 Å². The number of anilines is 1. The fourth-order valence-corrected chi connectivity index (χ4v) is 2.49.